The summed E-state index contributed by atoms with van der Waals surface area (Å²) in [5.41, 5.74) is 5.55. The van der Waals surface area contributed by atoms with Crippen molar-refractivity contribution in [3.8, 4) is 0 Å². The SMILES string of the molecule is CN(C)C(N)=NCc1ncn[nH]1.I. The first-order chi connectivity index (χ1) is 5.70. The van der Waals surface area contributed by atoms with Crippen LogP contribution < -0.4 is 5.73 Å². The lowest BCUT2D eigenvalue weighted by Gasteiger charge is -2.09. The second kappa shape index (κ2) is 5.73. The minimum Gasteiger partial charge on any atom is -0.370 e. The van der Waals surface area contributed by atoms with Gasteiger partial charge in [0.05, 0.1) is 0 Å². The van der Waals surface area contributed by atoms with Crippen LogP contribution in [0.1, 0.15) is 5.82 Å². The lowest BCUT2D eigenvalue weighted by atomic mass is 10.6. The van der Waals surface area contributed by atoms with Crippen molar-refractivity contribution in [1.29, 1.82) is 0 Å². The van der Waals surface area contributed by atoms with Gasteiger partial charge in [-0.1, -0.05) is 0 Å². The average Bonchev–Trinajstić information content (AvgIpc) is 2.51. The molecule has 0 fully saturated rings. The van der Waals surface area contributed by atoms with E-state index in [1.807, 2.05) is 14.1 Å². The van der Waals surface area contributed by atoms with Crippen molar-refractivity contribution in [2.24, 2.45) is 10.7 Å². The molecular formula is C6H13IN6. The molecule has 0 bridgehead atoms. The van der Waals surface area contributed by atoms with Crippen LogP contribution in [0.3, 0.4) is 0 Å². The molecule has 0 atom stereocenters. The Kier molecular flexibility index (Phi) is 5.35. The number of aliphatic imine (C=N–C) groups is 1. The number of nitrogens with two attached hydrogens (primary N) is 1. The van der Waals surface area contributed by atoms with E-state index in [2.05, 4.69) is 20.2 Å². The third kappa shape index (κ3) is 4.06. The van der Waals surface area contributed by atoms with Gasteiger partial charge < -0.3 is 10.6 Å². The third-order valence-corrected chi connectivity index (χ3v) is 1.31. The maximum absolute atomic E-state index is 5.55. The molecule has 3 N–H and O–H groups in total. The fourth-order valence-corrected chi connectivity index (χ4v) is 0.604. The van der Waals surface area contributed by atoms with E-state index < -0.39 is 0 Å². The lowest BCUT2D eigenvalue weighted by Crippen LogP contribution is -2.30. The second-order valence-corrected chi connectivity index (χ2v) is 2.50. The predicted octanol–water partition coefficient (Wildman–Crippen LogP) is -0.201. The van der Waals surface area contributed by atoms with Crippen molar-refractivity contribution in [2.75, 3.05) is 14.1 Å². The second-order valence-electron chi connectivity index (χ2n) is 2.50. The van der Waals surface area contributed by atoms with E-state index >= 15 is 0 Å². The van der Waals surface area contributed by atoms with Gasteiger partial charge in [-0.3, -0.25) is 5.10 Å². The monoisotopic (exact) mass is 296 g/mol. The Balaban J connectivity index is 0.00000144. The first kappa shape index (κ1) is 12.1. The molecule has 0 amide bonds. The molecule has 13 heavy (non-hydrogen) atoms. The van der Waals surface area contributed by atoms with Crippen LogP contribution in [0.4, 0.5) is 0 Å². The first-order valence-electron chi connectivity index (χ1n) is 3.51. The van der Waals surface area contributed by atoms with Crippen LogP contribution in [0.25, 0.3) is 0 Å². The number of hydrogen-bond donors (Lipinski definition) is 2. The van der Waals surface area contributed by atoms with Crippen molar-refractivity contribution in [3.63, 3.8) is 0 Å². The number of aromatic amines is 1. The van der Waals surface area contributed by atoms with E-state index in [0.29, 0.717) is 18.3 Å². The summed E-state index contributed by atoms with van der Waals surface area (Å²) in [6, 6.07) is 0. The molecule has 74 valence electrons. The van der Waals surface area contributed by atoms with Crippen molar-refractivity contribution in [2.45, 2.75) is 6.54 Å². The van der Waals surface area contributed by atoms with E-state index in [1.165, 1.54) is 6.33 Å². The number of H-pyrrole nitrogens is 1. The van der Waals surface area contributed by atoms with Crippen LogP contribution in [-0.2, 0) is 6.54 Å². The van der Waals surface area contributed by atoms with Crippen LogP contribution in [0.5, 0.6) is 0 Å². The molecule has 0 aliphatic rings. The number of hydrogen-bond acceptors (Lipinski definition) is 3. The van der Waals surface area contributed by atoms with Gasteiger partial charge in [0.2, 0.25) is 0 Å². The molecule has 7 heteroatoms. The number of nitrogens with zero attached hydrogens (tertiary/aromatic N) is 4. The summed E-state index contributed by atoms with van der Waals surface area (Å²) < 4.78 is 0. The van der Waals surface area contributed by atoms with Crippen molar-refractivity contribution in [3.05, 3.63) is 12.2 Å². The molecule has 1 heterocycles. The van der Waals surface area contributed by atoms with E-state index in [0.717, 1.165) is 0 Å². The maximum Gasteiger partial charge on any atom is 0.191 e. The van der Waals surface area contributed by atoms with Gasteiger partial charge in [0.15, 0.2) is 5.96 Å². The van der Waals surface area contributed by atoms with Gasteiger partial charge in [-0.05, 0) is 0 Å². The Hall–Kier alpha value is -0.860. The lowest BCUT2D eigenvalue weighted by molar-refractivity contribution is 0.608. The summed E-state index contributed by atoms with van der Waals surface area (Å²) in [5, 5.41) is 6.37. The number of rotatable bonds is 2. The minimum atomic E-state index is 0. The molecule has 0 aliphatic carbocycles. The van der Waals surface area contributed by atoms with Crippen molar-refractivity contribution in [1.82, 2.24) is 20.1 Å². The number of halogens is 1. The minimum absolute atomic E-state index is 0. The van der Waals surface area contributed by atoms with Crippen LogP contribution >= 0.6 is 24.0 Å². The number of guanidine groups is 1. The standard InChI is InChI=1S/C6H12N6.HI/c1-12(2)6(7)8-3-5-9-4-10-11-5;/h4H,3H2,1-2H3,(H2,7,8)(H,9,10,11);1H. The highest BCUT2D eigenvalue weighted by molar-refractivity contribution is 14.0. The molecule has 0 unspecified atom stereocenters. The molecular weight excluding hydrogens is 283 g/mol. The van der Waals surface area contributed by atoms with Crippen molar-refractivity contribution >= 4 is 29.9 Å². The Bertz CT molecular complexity index is 254. The largest absolute Gasteiger partial charge is 0.370 e. The number of aromatic nitrogens is 3. The van der Waals surface area contributed by atoms with E-state index in [4.69, 9.17) is 5.73 Å². The number of nitrogens with one attached hydrogen (secondary N) is 1. The fourth-order valence-electron chi connectivity index (χ4n) is 0.604. The third-order valence-electron chi connectivity index (χ3n) is 1.31. The van der Waals surface area contributed by atoms with Gasteiger partial charge in [0.1, 0.15) is 18.7 Å². The van der Waals surface area contributed by atoms with Crippen LogP contribution in [0, 0.1) is 0 Å². The summed E-state index contributed by atoms with van der Waals surface area (Å²) in [6.45, 7) is 0.435. The Morgan fingerprint density at radius 3 is 2.85 bits per heavy atom. The van der Waals surface area contributed by atoms with Crippen LogP contribution in [0.2, 0.25) is 0 Å². The highest BCUT2D eigenvalue weighted by Crippen LogP contribution is 1.89. The molecule has 0 radical (unpaired) electrons. The highest BCUT2D eigenvalue weighted by Gasteiger charge is 1.95. The molecule has 0 aromatic carbocycles. The molecule has 1 rings (SSSR count). The van der Waals surface area contributed by atoms with E-state index in [1.54, 1.807) is 4.90 Å². The van der Waals surface area contributed by atoms with Crippen LogP contribution in [-0.4, -0.2) is 40.1 Å². The molecule has 1 aromatic rings. The van der Waals surface area contributed by atoms with Gasteiger partial charge in [0.25, 0.3) is 0 Å². The molecule has 0 aliphatic heterocycles. The molecule has 6 nitrogen and oxygen atoms in total. The van der Waals surface area contributed by atoms with Crippen LogP contribution in [0.15, 0.2) is 11.3 Å². The average molecular weight is 296 g/mol. The van der Waals surface area contributed by atoms with E-state index in [-0.39, 0.29) is 24.0 Å². The topological polar surface area (TPSA) is 83.2 Å². The normalized spacial score (nSPS) is 10.8. The summed E-state index contributed by atoms with van der Waals surface area (Å²) in [7, 11) is 3.67. The Morgan fingerprint density at radius 2 is 2.38 bits per heavy atom. The summed E-state index contributed by atoms with van der Waals surface area (Å²) >= 11 is 0. The zero-order valence-electron chi connectivity index (χ0n) is 7.56. The van der Waals surface area contributed by atoms with E-state index in [9.17, 15) is 0 Å². The molecule has 0 spiro atoms. The van der Waals surface area contributed by atoms with Gasteiger partial charge in [-0.15, -0.1) is 24.0 Å². The molecule has 1 aromatic heterocycles. The first-order valence-corrected chi connectivity index (χ1v) is 3.51. The van der Waals surface area contributed by atoms with Crippen molar-refractivity contribution < 1.29 is 0 Å². The predicted molar refractivity (Wildman–Crippen MR) is 60.8 cm³/mol. The molecule has 0 saturated carbocycles. The summed E-state index contributed by atoms with van der Waals surface area (Å²) in [6.07, 6.45) is 1.44. The highest BCUT2D eigenvalue weighted by atomic mass is 127. The van der Waals surface area contributed by atoms with Gasteiger partial charge >= 0.3 is 0 Å². The zero-order chi connectivity index (χ0) is 8.97. The smallest absolute Gasteiger partial charge is 0.191 e. The Morgan fingerprint density at radius 1 is 1.69 bits per heavy atom. The van der Waals surface area contributed by atoms with Gasteiger partial charge in [0, 0.05) is 14.1 Å². The quantitative estimate of drug-likeness (QED) is 0.450. The molecule has 0 saturated heterocycles. The maximum atomic E-state index is 5.55. The summed E-state index contributed by atoms with van der Waals surface area (Å²) in [5.74, 6) is 1.19. The van der Waals surface area contributed by atoms with Gasteiger partial charge in [-0.25, -0.2) is 9.98 Å². The van der Waals surface area contributed by atoms with Gasteiger partial charge in [-0.2, -0.15) is 5.10 Å². The Labute approximate surface area is 93.6 Å². The summed E-state index contributed by atoms with van der Waals surface area (Å²) in [4.78, 5) is 9.68. The fraction of sp³-hybridized carbons (Fsp3) is 0.500. The zero-order valence-corrected chi connectivity index (χ0v) is 9.89.